The molecule has 3 heteroatoms. The Labute approximate surface area is 105 Å². The van der Waals surface area contributed by atoms with E-state index in [2.05, 4.69) is 5.32 Å². The van der Waals surface area contributed by atoms with E-state index in [1.807, 2.05) is 31.2 Å². The molecular formula is C15H15F2N. The Bertz CT molecular complexity index is 552. The van der Waals surface area contributed by atoms with Crippen molar-refractivity contribution < 1.29 is 8.78 Å². The van der Waals surface area contributed by atoms with Crippen LogP contribution in [0.4, 0.5) is 14.5 Å². The van der Waals surface area contributed by atoms with Crippen LogP contribution in [0.15, 0.2) is 42.5 Å². The Morgan fingerprint density at radius 3 is 2.50 bits per heavy atom. The van der Waals surface area contributed by atoms with E-state index in [-0.39, 0.29) is 6.04 Å². The molecule has 2 aromatic rings. The summed E-state index contributed by atoms with van der Waals surface area (Å²) in [5, 5.41) is 3.16. The first-order valence-corrected chi connectivity index (χ1v) is 5.85. The Hall–Kier alpha value is -1.90. The van der Waals surface area contributed by atoms with Crippen LogP contribution in [0.25, 0.3) is 0 Å². The lowest BCUT2D eigenvalue weighted by Crippen LogP contribution is -2.09. The Kier molecular flexibility index (Phi) is 3.60. The zero-order chi connectivity index (χ0) is 13.1. The number of nitrogens with one attached hydrogen (secondary N) is 1. The van der Waals surface area contributed by atoms with E-state index in [0.717, 1.165) is 17.3 Å². The Morgan fingerprint density at radius 1 is 1.06 bits per heavy atom. The Balaban J connectivity index is 2.22. The van der Waals surface area contributed by atoms with Gasteiger partial charge in [0.25, 0.3) is 0 Å². The van der Waals surface area contributed by atoms with Crippen LogP contribution in [0.3, 0.4) is 0 Å². The number of halogens is 2. The largest absolute Gasteiger partial charge is 0.378 e. The smallest absolute Gasteiger partial charge is 0.164 e. The minimum atomic E-state index is -0.814. The second-order valence-corrected chi connectivity index (χ2v) is 4.38. The predicted molar refractivity (Wildman–Crippen MR) is 69.6 cm³/mol. The molecule has 0 aliphatic heterocycles. The van der Waals surface area contributed by atoms with Crippen molar-refractivity contribution in [1.29, 1.82) is 0 Å². The molecule has 2 aromatic carbocycles. The van der Waals surface area contributed by atoms with Crippen molar-refractivity contribution in [3.63, 3.8) is 0 Å². The summed E-state index contributed by atoms with van der Waals surface area (Å²) < 4.78 is 26.8. The third-order valence-electron chi connectivity index (χ3n) is 2.85. The fourth-order valence-corrected chi connectivity index (χ4v) is 1.92. The number of hydrogen-bond donors (Lipinski definition) is 1. The first kappa shape index (κ1) is 12.6. The molecule has 0 aliphatic rings. The highest BCUT2D eigenvalue weighted by Gasteiger charge is 2.13. The van der Waals surface area contributed by atoms with Gasteiger partial charge in [0.15, 0.2) is 11.6 Å². The van der Waals surface area contributed by atoms with Gasteiger partial charge in [-0.25, -0.2) is 8.78 Å². The van der Waals surface area contributed by atoms with Crippen LogP contribution in [0.5, 0.6) is 0 Å². The van der Waals surface area contributed by atoms with Crippen LogP contribution in [-0.4, -0.2) is 0 Å². The van der Waals surface area contributed by atoms with Crippen LogP contribution in [0.1, 0.15) is 24.1 Å². The van der Waals surface area contributed by atoms with Gasteiger partial charge in [-0.15, -0.1) is 0 Å². The molecule has 18 heavy (non-hydrogen) atoms. The highest BCUT2D eigenvalue weighted by atomic mass is 19.2. The van der Waals surface area contributed by atoms with E-state index in [1.165, 1.54) is 6.07 Å². The summed E-state index contributed by atoms with van der Waals surface area (Å²) in [4.78, 5) is 0. The van der Waals surface area contributed by atoms with Gasteiger partial charge in [0.05, 0.1) is 6.04 Å². The maximum absolute atomic E-state index is 13.6. The van der Waals surface area contributed by atoms with Gasteiger partial charge in [0.2, 0.25) is 0 Å². The minimum Gasteiger partial charge on any atom is -0.378 e. The summed E-state index contributed by atoms with van der Waals surface area (Å²) in [6.45, 7) is 3.79. The monoisotopic (exact) mass is 247 g/mol. The van der Waals surface area contributed by atoms with Crippen molar-refractivity contribution in [2.75, 3.05) is 5.32 Å². The fourth-order valence-electron chi connectivity index (χ4n) is 1.92. The van der Waals surface area contributed by atoms with Crippen molar-refractivity contribution in [2.24, 2.45) is 0 Å². The van der Waals surface area contributed by atoms with Crippen LogP contribution >= 0.6 is 0 Å². The number of aryl methyl sites for hydroxylation is 1. The molecule has 0 spiro atoms. The second kappa shape index (κ2) is 5.17. The molecule has 0 radical (unpaired) electrons. The van der Waals surface area contributed by atoms with Gasteiger partial charge in [0, 0.05) is 11.3 Å². The number of anilines is 1. The first-order chi connectivity index (χ1) is 8.58. The molecule has 1 unspecified atom stereocenters. The highest BCUT2D eigenvalue weighted by Crippen LogP contribution is 2.23. The molecule has 0 fully saturated rings. The maximum atomic E-state index is 13.6. The van der Waals surface area contributed by atoms with E-state index in [0.29, 0.717) is 5.56 Å². The molecule has 1 nitrogen and oxygen atoms in total. The zero-order valence-electron chi connectivity index (χ0n) is 10.4. The average molecular weight is 247 g/mol. The lowest BCUT2D eigenvalue weighted by Gasteiger charge is -2.17. The van der Waals surface area contributed by atoms with E-state index < -0.39 is 11.6 Å². The standard InChI is InChI=1S/C15H15F2N/c1-10-5-3-6-12(9-10)18-11(2)13-7-4-8-14(16)15(13)17/h3-9,11,18H,1-2H3. The van der Waals surface area contributed by atoms with Gasteiger partial charge >= 0.3 is 0 Å². The molecule has 1 N–H and O–H groups in total. The quantitative estimate of drug-likeness (QED) is 0.845. The van der Waals surface area contributed by atoms with E-state index >= 15 is 0 Å². The van der Waals surface area contributed by atoms with E-state index in [4.69, 9.17) is 0 Å². The molecular weight excluding hydrogens is 232 g/mol. The summed E-state index contributed by atoms with van der Waals surface area (Å²) in [6, 6.07) is 11.7. The molecule has 94 valence electrons. The van der Waals surface area contributed by atoms with Crippen LogP contribution in [-0.2, 0) is 0 Å². The van der Waals surface area contributed by atoms with Gasteiger partial charge in [-0.1, -0.05) is 24.3 Å². The number of rotatable bonds is 3. The molecule has 0 heterocycles. The van der Waals surface area contributed by atoms with Gasteiger partial charge in [-0.2, -0.15) is 0 Å². The summed E-state index contributed by atoms with van der Waals surface area (Å²) in [6.07, 6.45) is 0. The summed E-state index contributed by atoms with van der Waals surface area (Å²) >= 11 is 0. The SMILES string of the molecule is Cc1cccc(NC(C)c2cccc(F)c2F)c1. The summed E-state index contributed by atoms with van der Waals surface area (Å²) in [5.74, 6) is -1.60. The summed E-state index contributed by atoms with van der Waals surface area (Å²) in [7, 11) is 0. The summed E-state index contributed by atoms with van der Waals surface area (Å²) in [5.41, 5.74) is 2.34. The van der Waals surface area contributed by atoms with Crippen molar-refractivity contribution in [3.8, 4) is 0 Å². The average Bonchev–Trinajstić information content (AvgIpc) is 2.32. The molecule has 0 saturated carbocycles. The van der Waals surface area contributed by atoms with Gasteiger partial charge in [-0.3, -0.25) is 0 Å². The third-order valence-corrected chi connectivity index (χ3v) is 2.85. The van der Waals surface area contributed by atoms with Crippen LogP contribution in [0.2, 0.25) is 0 Å². The number of benzene rings is 2. The molecule has 0 amide bonds. The fraction of sp³-hybridized carbons (Fsp3) is 0.200. The lowest BCUT2D eigenvalue weighted by molar-refractivity contribution is 0.494. The lowest BCUT2D eigenvalue weighted by atomic mass is 10.1. The highest BCUT2D eigenvalue weighted by molar-refractivity contribution is 5.47. The van der Waals surface area contributed by atoms with E-state index in [9.17, 15) is 8.78 Å². The maximum Gasteiger partial charge on any atom is 0.164 e. The van der Waals surface area contributed by atoms with E-state index in [1.54, 1.807) is 13.0 Å². The molecule has 0 saturated heterocycles. The van der Waals surface area contributed by atoms with Gasteiger partial charge in [0.1, 0.15) is 0 Å². The Morgan fingerprint density at radius 2 is 1.78 bits per heavy atom. The molecule has 0 aromatic heterocycles. The van der Waals surface area contributed by atoms with Crippen molar-refractivity contribution in [2.45, 2.75) is 19.9 Å². The molecule has 1 atom stereocenters. The zero-order valence-corrected chi connectivity index (χ0v) is 10.4. The van der Waals surface area contributed by atoms with Crippen LogP contribution in [0, 0.1) is 18.6 Å². The van der Waals surface area contributed by atoms with Crippen LogP contribution < -0.4 is 5.32 Å². The van der Waals surface area contributed by atoms with Crippen molar-refractivity contribution >= 4 is 5.69 Å². The predicted octanol–water partition coefficient (Wildman–Crippen LogP) is 4.45. The minimum absolute atomic E-state index is 0.289. The molecule has 0 bridgehead atoms. The normalized spacial score (nSPS) is 12.2. The second-order valence-electron chi connectivity index (χ2n) is 4.38. The number of hydrogen-bond acceptors (Lipinski definition) is 1. The topological polar surface area (TPSA) is 12.0 Å². The van der Waals surface area contributed by atoms with Gasteiger partial charge in [-0.05, 0) is 37.6 Å². The molecule has 0 aliphatic carbocycles. The third kappa shape index (κ3) is 2.67. The molecule has 2 rings (SSSR count). The first-order valence-electron chi connectivity index (χ1n) is 5.85. The van der Waals surface area contributed by atoms with Crippen molar-refractivity contribution in [3.05, 3.63) is 65.2 Å². The van der Waals surface area contributed by atoms with Gasteiger partial charge < -0.3 is 5.32 Å². The van der Waals surface area contributed by atoms with Crippen molar-refractivity contribution in [1.82, 2.24) is 0 Å².